The lowest BCUT2D eigenvalue weighted by molar-refractivity contribution is 0.730. The summed E-state index contributed by atoms with van der Waals surface area (Å²) in [6.45, 7) is 2.48. The number of fused-ring (bicyclic) bond motifs is 1. The Bertz CT molecular complexity index is 633. The second-order valence-electron chi connectivity index (χ2n) is 3.22. The van der Waals surface area contributed by atoms with Gasteiger partial charge in [0.2, 0.25) is 0 Å². The number of nitrogens with two attached hydrogens (primary N) is 1. The monoisotopic (exact) mass is 209 g/mol. The van der Waals surface area contributed by atoms with Gasteiger partial charge in [0, 0.05) is 13.6 Å². The molecule has 0 aliphatic carbocycles. The minimum atomic E-state index is -0.575. The standard InChI is InChI=1S/C8H11N5O2/c1-3-12-4-10-6-5(12)7(14)13(9)8(15)11(6)2/h4H,3,9H2,1-2H3. The minimum Gasteiger partial charge on any atom is -0.332 e. The van der Waals surface area contributed by atoms with Crippen molar-refractivity contribution in [1.29, 1.82) is 0 Å². The number of aromatic nitrogens is 4. The Labute approximate surface area is 84.3 Å². The molecule has 0 radical (unpaired) electrons. The third kappa shape index (κ3) is 1.09. The van der Waals surface area contributed by atoms with E-state index in [9.17, 15) is 9.59 Å². The molecular formula is C8H11N5O2. The van der Waals surface area contributed by atoms with Crippen molar-refractivity contribution in [2.45, 2.75) is 13.5 Å². The first kappa shape index (κ1) is 9.50. The van der Waals surface area contributed by atoms with E-state index in [-0.39, 0.29) is 0 Å². The zero-order valence-electron chi connectivity index (χ0n) is 8.47. The Morgan fingerprint density at radius 2 is 2.13 bits per heavy atom. The van der Waals surface area contributed by atoms with Crippen molar-refractivity contribution >= 4 is 11.2 Å². The van der Waals surface area contributed by atoms with E-state index in [2.05, 4.69) is 4.98 Å². The normalized spacial score (nSPS) is 11.1. The number of aryl methyl sites for hydroxylation is 2. The first-order valence-corrected chi connectivity index (χ1v) is 4.50. The number of imidazole rings is 1. The van der Waals surface area contributed by atoms with Gasteiger partial charge in [-0.2, -0.15) is 4.68 Å². The van der Waals surface area contributed by atoms with E-state index in [1.165, 1.54) is 17.9 Å². The van der Waals surface area contributed by atoms with Crippen LogP contribution in [0, 0.1) is 0 Å². The molecule has 0 atom stereocenters. The van der Waals surface area contributed by atoms with Crippen molar-refractivity contribution in [2.24, 2.45) is 7.05 Å². The fourth-order valence-electron chi connectivity index (χ4n) is 1.53. The van der Waals surface area contributed by atoms with Crippen LogP contribution in [0.25, 0.3) is 11.2 Å². The molecule has 80 valence electrons. The Kier molecular flexibility index (Phi) is 1.88. The second-order valence-corrected chi connectivity index (χ2v) is 3.22. The maximum atomic E-state index is 11.7. The smallest absolute Gasteiger partial charge is 0.332 e. The largest absolute Gasteiger partial charge is 0.351 e. The molecule has 7 heteroatoms. The number of nitrogens with zero attached hydrogens (tertiary/aromatic N) is 4. The second kappa shape index (κ2) is 2.97. The van der Waals surface area contributed by atoms with Crippen molar-refractivity contribution in [3.8, 4) is 0 Å². The number of rotatable bonds is 1. The van der Waals surface area contributed by atoms with Gasteiger partial charge in [-0.25, -0.2) is 9.78 Å². The van der Waals surface area contributed by atoms with Gasteiger partial charge in [0.05, 0.1) is 6.33 Å². The average molecular weight is 209 g/mol. The van der Waals surface area contributed by atoms with Crippen LogP contribution in [-0.4, -0.2) is 18.8 Å². The summed E-state index contributed by atoms with van der Waals surface area (Å²) in [7, 11) is 1.53. The molecule has 2 rings (SSSR count). The Hall–Kier alpha value is -2.05. The van der Waals surface area contributed by atoms with Crippen LogP contribution < -0.4 is 17.1 Å². The zero-order chi connectivity index (χ0) is 11.2. The van der Waals surface area contributed by atoms with E-state index in [0.29, 0.717) is 22.4 Å². The van der Waals surface area contributed by atoms with Crippen LogP contribution in [0.4, 0.5) is 0 Å². The van der Waals surface area contributed by atoms with Crippen molar-refractivity contribution in [1.82, 2.24) is 18.8 Å². The topological polar surface area (TPSA) is 87.8 Å². The van der Waals surface area contributed by atoms with Crippen LogP contribution in [0.3, 0.4) is 0 Å². The number of hydrogen-bond acceptors (Lipinski definition) is 4. The lowest BCUT2D eigenvalue weighted by Gasteiger charge is -2.03. The van der Waals surface area contributed by atoms with Gasteiger partial charge in [0.15, 0.2) is 11.2 Å². The van der Waals surface area contributed by atoms with Crippen LogP contribution in [0.5, 0.6) is 0 Å². The quantitative estimate of drug-likeness (QED) is 0.587. The van der Waals surface area contributed by atoms with E-state index >= 15 is 0 Å². The van der Waals surface area contributed by atoms with Gasteiger partial charge >= 0.3 is 11.2 Å². The summed E-state index contributed by atoms with van der Waals surface area (Å²) in [4.78, 5) is 27.2. The summed E-state index contributed by atoms with van der Waals surface area (Å²) in [5.74, 6) is 5.36. The van der Waals surface area contributed by atoms with Crippen LogP contribution in [-0.2, 0) is 13.6 Å². The molecule has 0 unspecified atom stereocenters. The highest BCUT2D eigenvalue weighted by atomic mass is 16.2. The highest BCUT2D eigenvalue weighted by Gasteiger charge is 2.13. The molecule has 2 aromatic heterocycles. The van der Waals surface area contributed by atoms with E-state index in [4.69, 9.17) is 5.84 Å². The highest BCUT2D eigenvalue weighted by molar-refractivity contribution is 5.69. The molecule has 0 aliphatic heterocycles. The lowest BCUT2D eigenvalue weighted by atomic mass is 10.5. The Balaban J connectivity index is 3.11. The zero-order valence-corrected chi connectivity index (χ0v) is 8.47. The molecule has 0 fully saturated rings. The van der Waals surface area contributed by atoms with Crippen LogP contribution in [0.15, 0.2) is 15.9 Å². The molecule has 2 aromatic rings. The van der Waals surface area contributed by atoms with Gasteiger partial charge in [-0.15, -0.1) is 0 Å². The lowest BCUT2D eigenvalue weighted by Crippen LogP contribution is -2.44. The molecular weight excluding hydrogens is 198 g/mol. The minimum absolute atomic E-state index is 0.349. The van der Waals surface area contributed by atoms with Gasteiger partial charge in [-0.05, 0) is 6.92 Å². The molecule has 0 saturated heterocycles. The molecule has 15 heavy (non-hydrogen) atoms. The Morgan fingerprint density at radius 1 is 1.47 bits per heavy atom. The first-order valence-electron chi connectivity index (χ1n) is 4.50. The predicted molar refractivity (Wildman–Crippen MR) is 55.1 cm³/mol. The predicted octanol–water partition coefficient (Wildman–Crippen LogP) is -1.37. The SMILES string of the molecule is CCn1cnc2c1c(=O)n(N)c(=O)n2C. The molecule has 7 nitrogen and oxygen atoms in total. The average Bonchev–Trinajstić information content (AvgIpc) is 2.67. The van der Waals surface area contributed by atoms with Crippen LogP contribution >= 0.6 is 0 Å². The van der Waals surface area contributed by atoms with E-state index in [0.717, 1.165) is 0 Å². The molecule has 0 aliphatic rings. The number of nitrogen functional groups attached to an aromatic ring is 1. The van der Waals surface area contributed by atoms with Gasteiger partial charge in [-0.1, -0.05) is 0 Å². The third-order valence-corrected chi connectivity index (χ3v) is 2.39. The van der Waals surface area contributed by atoms with Crippen molar-refractivity contribution in [2.75, 3.05) is 5.84 Å². The van der Waals surface area contributed by atoms with E-state index in [1.54, 1.807) is 4.57 Å². The summed E-state index contributed by atoms with van der Waals surface area (Å²) in [6, 6.07) is 0. The maximum absolute atomic E-state index is 11.7. The van der Waals surface area contributed by atoms with E-state index in [1.807, 2.05) is 6.92 Å². The summed E-state index contributed by atoms with van der Waals surface area (Å²) in [5, 5.41) is 0. The van der Waals surface area contributed by atoms with Crippen LogP contribution in [0.1, 0.15) is 6.92 Å². The van der Waals surface area contributed by atoms with Crippen molar-refractivity contribution in [3.63, 3.8) is 0 Å². The number of hydrogen-bond donors (Lipinski definition) is 1. The molecule has 0 saturated carbocycles. The molecule has 2 N–H and O–H groups in total. The van der Waals surface area contributed by atoms with E-state index < -0.39 is 11.2 Å². The van der Waals surface area contributed by atoms with Crippen molar-refractivity contribution < 1.29 is 0 Å². The van der Waals surface area contributed by atoms with Gasteiger partial charge in [0.1, 0.15) is 0 Å². The summed E-state index contributed by atoms with van der Waals surface area (Å²) in [6.07, 6.45) is 1.52. The molecule has 0 aromatic carbocycles. The van der Waals surface area contributed by atoms with Crippen LogP contribution in [0.2, 0.25) is 0 Å². The Morgan fingerprint density at radius 3 is 2.73 bits per heavy atom. The van der Waals surface area contributed by atoms with Gasteiger partial charge in [-0.3, -0.25) is 9.36 Å². The fraction of sp³-hybridized carbons (Fsp3) is 0.375. The maximum Gasteiger partial charge on any atom is 0.351 e. The summed E-state index contributed by atoms with van der Waals surface area (Å²) >= 11 is 0. The summed E-state index contributed by atoms with van der Waals surface area (Å²) in [5.41, 5.74) is -0.392. The van der Waals surface area contributed by atoms with Crippen molar-refractivity contribution in [3.05, 3.63) is 27.2 Å². The first-order chi connectivity index (χ1) is 7.07. The molecule has 2 heterocycles. The highest BCUT2D eigenvalue weighted by Crippen LogP contribution is 2.03. The van der Waals surface area contributed by atoms with Gasteiger partial charge in [0.25, 0.3) is 0 Å². The molecule has 0 bridgehead atoms. The molecule has 0 spiro atoms. The third-order valence-electron chi connectivity index (χ3n) is 2.39. The molecule has 0 amide bonds. The summed E-state index contributed by atoms with van der Waals surface area (Å²) < 4.78 is 3.50. The van der Waals surface area contributed by atoms with Gasteiger partial charge < -0.3 is 10.4 Å². The fourth-order valence-corrected chi connectivity index (χ4v) is 1.53.